The highest BCUT2D eigenvalue weighted by molar-refractivity contribution is 9.10. The van der Waals surface area contributed by atoms with Gasteiger partial charge in [-0.25, -0.2) is 0 Å². The van der Waals surface area contributed by atoms with Crippen LogP contribution in [0.1, 0.15) is 22.5 Å². The second-order valence-electron chi connectivity index (χ2n) is 4.57. The van der Waals surface area contributed by atoms with Gasteiger partial charge in [-0.2, -0.15) is 0 Å². The van der Waals surface area contributed by atoms with Crippen LogP contribution in [0.2, 0.25) is 0 Å². The van der Waals surface area contributed by atoms with Crippen molar-refractivity contribution in [1.29, 1.82) is 0 Å². The van der Waals surface area contributed by atoms with Crippen LogP contribution in [0, 0.1) is 20.8 Å². The van der Waals surface area contributed by atoms with E-state index in [1.165, 1.54) is 22.5 Å². The van der Waals surface area contributed by atoms with Gasteiger partial charge in [0.05, 0.1) is 5.69 Å². The highest BCUT2D eigenvalue weighted by Gasteiger charge is 2.03. The van der Waals surface area contributed by atoms with E-state index in [2.05, 4.69) is 65.4 Å². The minimum absolute atomic E-state index is 1.01. The summed E-state index contributed by atoms with van der Waals surface area (Å²) in [6.45, 7) is 6.29. The summed E-state index contributed by atoms with van der Waals surface area (Å²) < 4.78 is 3.26. The number of aryl methyl sites for hydroxylation is 2. The van der Waals surface area contributed by atoms with Crippen molar-refractivity contribution in [3.05, 3.63) is 51.3 Å². The maximum atomic E-state index is 4.57. The van der Waals surface area contributed by atoms with Gasteiger partial charge in [0.2, 0.25) is 0 Å². The van der Waals surface area contributed by atoms with Gasteiger partial charge in [-0.3, -0.25) is 4.99 Å². The van der Waals surface area contributed by atoms with Crippen LogP contribution in [0.3, 0.4) is 0 Å². The Labute approximate surface area is 116 Å². The van der Waals surface area contributed by atoms with Gasteiger partial charge in [-0.1, -0.05) is 15.9 Å². The van der Waals surface area contributed by atoms with Crippen LogP contribution >= 0.6 is 15.9 Å². The van der Waals surface area contributed by atoms with Crippen molar-refractivity contribution >= 4 is 27.8 Å². The zero-order chi connectivity index (χ0) is 13.3. The molecule has 0 aliphatic heterocycles. The summed E-state index contributed by atoms with van der Waals surface area (Å²) in [5, 5.41) is 0. The summed E-state index contributed by atoms with van der Waals surface area (Å²) in [5.41, 5.74) is 5.86. The van der Waals surface area contributed by atoms with Crippen molar-refractivity contribution in [2.45, 2.75) is 20.8 Å². The monoisotopic (exact) mass is 304 g/mol. The first-order valence-electron chi connectivity index (χ1n) is 5.92. The predicted octanol–water partition coefficient (Wildman–Crippen LogP) is 4.46. The molecule has 2 aromatic rings. The molecule has 0 fully saturated rings. The normalized spacial score (nSPS) is 11.4. The summed E-state index contributed by atoms with van der Waals surface area (Å²) in [5.74, 6) is 0. The standard InChI is InChI=1S/C15H17BrN2/c1-10-7-14(16)5-6-15(10)17-9-13-8-11(2)18(4)12(13)3/h5-9H,1-4H3. The largest absolute Gasteiger partial charge is 0.352 e. The Balaban J connectivity index is 2.33. The molecule has 0 spiro atoms. The Morgan fingerprint density at radius 1 is 1.17 bits per heavy atom. The number of aliphatic imine (C=N–C) groups is 1. The minimum atomic E-state index is 1.01. The number of hydrogen-bond donors (Lipinski definition) is 0. The highest BCUT2D eigenvalue weighted by atomic mass is 79.9. The highest BCUT2D eigenvalue weighted by Crippen LogP contribution is 2.23. The molecule has 0 aliphatic rings. The molecular weight excluding hydrogens is 288 g/mol. The minimum Gasteiger partial charge on any atom is -0.352 e. The molecular formula is C15H17BrN2. The Bertz CT molecular complexity index is 609. The van der Waals surface area contributed by atoms with E-state index in [1.54, 1.807) is 0 Å². The molecule has 0 atom stereocenters. The van der Waals surface area contributed by atoms with E-state index >= 15 is 0 Å². The number of rotatable bonds is 2. The molecule has 18 heavy (non-hydrogen) atoms. The van der Waals surface area contributed by atoms with Crippen LogP contribution in [0.5, 0.6) is 0 Å². The molecule has 0 unspecified atom stereocenters. The molecule has 0 saturated heterocycles. The van der Waals surface area contributed by atoms with Crippen LogP contribution in [0.4, 0.5) is 5.69 Å². The van der Waals surface area contributed by atoms with Crippen LogP contribution in [-0.2, 0) is 7.05 Å². The molecule has 3 heteroatoms. The third-order valence-corrected chi connectivity index (χ3v) is 3.81. The second kappa shape index (κ2) is 5.11. The third-order valence-electron chi connectivity index (χ3n) is 3.32. The molecule has 1 aromatic carbocycles. The molecule has 2 nitrogen and oxygen atoms in total. The molecule has 0 amide bonds. The molecule has 2 rings (SSSR count). The summed E-state index contributed by atoms with van der Waals surface area (Å²) in [4.78, 5) is 4.57. The number of aromatic nitrogens is 1. The number of hydrogen-bond acceptors (Lipinski definition) is 1. The number of nitrogens with zero attached hydrogens (tertiary/aromatic N) is 2. The lowest BCUT2D eigenvalue weighted by atomic mass is 10.2. The molecule has 1 heterocycles. The van der Waals surface area contributed by atoms with E-state index in [4.69, 9.17) is 0 Å². The van der Waals surface area contributed by atoms with Gasteiger partial charge in [0.25, 0.3) is 0 Å². The Morgan fingerprint density at radius 3 is 2.44 bits per heavy atom. The molecule has 0 N–H and O–H groups in total. The fourth-order valence-electron chi connectivity index (χ4n) is 1.92. The molecule has 0 bridgehead atoms. The van der Waals surface area contributed by atoms with Crippen LogP contribution in [-0.4, -0.2) is 10.8 Å². The van der Waals surface area contributed by atoms with Crippen molar-refractivity contribution in [3.63, 3.8) is 0 Å². The second-order valence-corrected chi connectivity index (χ2v) is 5.49. The fourth-order valence-corrected chi connectivity index (χ4v) is 2.39. The molecule has 0 saturated carbocycles. The average Bonchev–Trinajstić information content (AvgIpc) is 2.56. The smallest absolute Gasteiger partial charge is 0.0659 e. The van der Waals surface area contributed by atoms with Gasteiger partial charge in [0, 0.05) is 34.7 Å². The first kappa shape index (κ1) is 13.1. The maximum Gasteiger partial charge on any atom is 0.0659 e. The van der Waals surface area contributed by atoms with Crippen molar-refractivity contribution in [2.24, 2.45) is 12.0 Å². The van der Waals surface area contributed by atoms with Crippen molar-refractivity contribution < 1.29 is 0 Å². The zero-order valence-corrected chi connectivity index (χ0v) is 12.7. The van der Waals surface area contributed by atoms with Crippen molar-refractivity contribution in [3.8, 4) is 0 Å². The van der Waals surface area contributed by atoms with E-state index in [-0.39, 0.29) is 0 Å². The first-order valence-corrected chi connectivity index (χ1v) is 6.71. The molecule has 0 aliphatic carbocycles. The summed E-state index contributed by atoms with van der Waals surface area (Å²) in [7, 11) is 2.08. The molecule has 94 valence electrons. The van der Waals surface area contributed by atoms with E-state index < -0.39 is 0 Å². The van der Waals surface area contributed by atoms with Gasteiger partial charge in [0.15, 0.2) is 0 Å². The Kier molecular flexibility index (Phi) is 3.71. The number of benzene rings is 1. The zero-order valence-electron chi connectivity index (χ0n) is 11.2. The van der Waals surface area contributed by atoms with Gasteiger partial charge < -0.3 is 4.57 Å². The summed E-state index contributed by atoms with van der Waals surface area (Å²) in [6.07, 6.45) is 1.94. The topological polar surface area (TPSA) is 17.3 Å². The van der Waals surface area contributed by atoms with Gasteiger partial charge in [0.1, 0.15) is 0 Å². The van der Waals surface area contributed by atoms with E-state index in [0.29, 0.717) is 0 Å². The SMILES string of the molecule is Cc1cc(Br)ccc1N=Cc1cc(C)n(C)c1C. The first-order chi connectivity index (χ1) is 8.49. The van der Waals surface area contributed by atoms with Crippen molar-refractivity contribution in [2.75, 3.05) is 0 Å². The number of halogens is 1. The quantitative estimate of drug-likeness (QED) is 0.729. The maximum absolute atomic E-state index is 4.57. The van der Waals surface area contributed by atoms with Crippen LogP contribution < -0.4 is 0 Å². The van der Waals surface area contributed by atoms with Gasteiger partial charge >= 0.3 is 0 Å². The summed E-state index contributed by atoms with van der Waals surface area (Å²) in [6, 6.07) is 8.28. The Hall–Kier alpha value is -1.35. The third kappa shape index (κ3) is 2.56. The van der Waals surface area contributed by atoms with Crippen molar-refractivity contribution in [1.82, 2.24) is 4.57 Å². The Morgan fingerprint density at radius 2 is 1.89 bits per heavy atom. The van der Waals surface area contributed by atoms with E-state index in [1.807, 2.05) is 18.3 Å². The fraction of sp³-hybridized carbons (Fsp3) is 0.267. The van der Waals surface area contributed by atoms with E-state index in [0.717, 1.165) is 10.2 Å². The lowest BCUT2D eigenvalue weighted by molar-refractivity contribution is 0.843. The lowest BCUT2D eigenvalue weighted by Gasteiger charge is -2.01. The average molecular weight is 305 g/mol. The van der Waals surface area contributed by atoms with Crippen LogP contribution in [0.25, 0.3) is 0 Å². The van der Waals surface area contributed by atoms with Crippen LogP contribution in [0.15, 0.2) is 33.7 Å². The van der Waals surface area contributed by atoms with Gasteiger partial charge in [-0.15, -0.1) is 0 Å². The van der Waals surface area contributed by atoms with E-state index in [9.17, 15) is 0 Å². The summed E-state index contributed by atoms with van der Waals surface area (Å²) >= 11 is 3.46. The molecule has 1 aromatic heterocycles. The lowest BCUT2D eigenvalue weighted by Crippen LogP contribution is -1.93. The predicted molar refractivity (Wildman–Crippen MR) is 81.0 cm³/mol. The molecule has 0 radical (unpaired) electrons. The van der Waals surface area contributed by atoms with Gasteiger partial charge in [-0.05, 0) is 50.6 Å².